The molecular formula is C9H9F2NO3. The summed E-state index contributed by atoms with van der Waals surface area (Å²) in [6.07, 6.45) is -1.91. The fraction of sp³-hybridized carbons (Fsp3) is 0.222. The fourth-order valence-corrected chi connectivity index (χ4v) is 1.11. The number of carboxylic acid groups (broad SMARTS) is 1. The van der Waals surface area contributed by atoms with Crippen LogP contribution in [0.1, 0.15) is 11.7 Å². The number of carboxylic acids is 1. The number of halogens is 2. The molecule has 1 aromatic rings. The van der Waals surface area contributed by atoms with Gasteiger partial charge in [-0.3, -0.25) is 4.79 Å². The highest BCUT2D eigenvalue weighted by Crippen LogP contribution is 2.22. The van der Waals surface area contributed by atoms with Crippen molar-refractivity contribution in [2.45, 2.75) is 12.1 Å². The second kappa shape index (κ2) is 4.33. The molecule has 0 amide bonds. The standard InChI is InChI=1S/C9H9F2NO3/c10-4-2-1-3-5(11)6(4)8(13)7(12)9(14)15/h1-3,7-8,13H,12H2,(H,14,15). The maximum atomic E-state index is 13.1. The Balaban J connectivity index is 3.10. The molecule has 0 saturated heterocycles. The SMILES string of the molecule is NC(C(=O)O)C(O)c1c(F)cccc1F. The first-order valence-corrected chi connectivity index (χ1v) is 4.05. The van der Waals surface area contributed by atoms with E-state index in [4.69, 9.17) is 10.8 Å². The molecule has 0 fully saturated rings. The summed E-state index contributed by atoms with van der Waals surface area (Å²) < 4.78 is 26.2. The zero-order chi connectivity index (χ0) is 11.6. The van der Waals surface area contributed by atoms with Crippen LogP contribution in [0, 0.1) is 11.6 Å². The highest BCUT2D eigenvalue weighted by molar-refractivity contribution is 5.74. The van der Waals surface area contributed by atoms with Crippen LogP contribution >= 0.6 is 0 Å². The Morgan fingerprint density at radius 1 is 1.33 bits per heavy atom. The minimum absolute atomic E-state index is 0.729. The quantitative estimate of drug-likeness (QED) is 0.684. The average molecular weight is 217 g/mol. The molecule has 0 aliphatic rings. The number of rotatable bonds is 3. The van der Waals surface area contributed by atoms with Crippen LogP contribution in [0.3, 0.4) is 0 Å². The molecule has 6 heteroatoms. The van der Waals surface area contributed by atoms with Gasteiger partial charge in [0.05, 0.1) is 5.56 Å². The lowest BCUT2D eigenvalue weighted by Crippen LogP contribution is -2.37. The zero-order valence-electron chi connectivity index (χ0n) is 7.52. The summed E-state index contributed by atoms with van der Waals surface area (Å²) >= 11 is 0. The lowest BCUT2D eigenvalue weighted by Gasteiger charge is -2.16. The number of aliphatic carboxylic acids is 1. The molecule has 0 aromatic heterocycles. The Hall–Kier alpha value is -1.53. The highest BCUT2D eigenvalue weighted by Gasteiger charge is 2.28. The van der Waals surface area contributed by atoms with Crippen molar-refractivity contribution in [1.29, 1.82) is 0 Å². The Morgan fingerprint density at radius 3 is 2.20 bits per heavy atom. The Labute approximate surface area is 83.9 Å². The van der Waals surface area contributed by atoms with Gasteiger partial charge in [0.2, 0.25) is 0 Å². The van der Waals surface area contributed by atoms with Crippen LogP contribution in [-0.4, -0.2) is 22.2 Å². The van der Waals surface area contributed by atoms with Crippen LogP contribution in [0.5, 0.6) is 0 Å². The van der Waals surface area contributed by atoms with Crippen molar-refractivity contribution in [2.24, 2.45) is 5.73 Å². The summed E-state index contributed by atoms with van der Waals surface area (Å²) in [7, 11) is 0. The van der Waals surface area contributed by atoms with E-state index in [1.807, 2.05) is 0 Å². The molecule has 0 aliphatic heterocycles. The van der Waals surface area contributed by atoms with Crippen LogP contribution in [0.15, 0.2) is 18.2 Å². The lowest BCUT2D eigenvalue weighted by molar-refractivity contribution is -0.141. The molecule has 82 valence electrons. The van der Waals surface area contributed by atoms with Crippen molar-refractivity contribution < 1.29 is 23.8 Å². The average Bonchev–Trinajstić information content (AvgIpc) is 2.15. The first-order chi connectivity index (χ1) is 6.95. The van der Waals surface area contributed by atoms with E-state index in [1.165, 1.54) is 0 Å². The van der Waals surface area contributed by atoms with Crippen molar-refractivity contribution in [3.8, 4) is 0 Å². The molecule has 1 aromatic carbocycles. The normalized spacial score (nSPS) is 14.7. The number of aliphatic hydroxyl groups excluding tert-OH is 1. The number of aliphatic hydroxyl groups is 1. The molecule has 0 saturated carbocycles. The number of nitrogens with two attached hydrogens (primary N) is 1. The number of hydrogen-bond donors (Lipinski definition) is 3. The predicted molar refractivity (Wildman–Crippen MR) is 46.9 cm³/mol. The summed E-state index contributed by atoms with van der Waals surface area (Å²) in [6.45, 7) is 0. The number of carbonyl (C=O) groups is 1. The lowest BCUT2D eigenvalue weighted by atomic mass is 10.0. The highest BCUT2D eigenvalue weighted by atomic mass is 19.1. The van der Waals surface area contributed by atoms with Gasteiger partial charge in [-0.15, -0.1) is 0 Å². The van der Waals surface area contributed by atoms with E-state index in [1.54, 1.807) is 0 Å². The van der Waals surface area contributed by atoms with Crippen molar-refractivity contribution in [3.63, 3.8) is 0 Å². The fourth-order valence-electron chi connectivity index (χ4n) is 1.11. The summed E-state index contributed by atoms with van der Waals surface area (Å²) in [5.74, 6) is -3.59. The molecule has 0 bridgehead atoms. The molecule has 4 nitrogen and oxygen atoms in total. The van der Waals surface area contributed by atoms with Crippen LogP contribution in [0.25, 0.3) is 0 Å². The monoisotopic (exact) mass is 217 g/mol. The molecule has 1 rings (SSSR count). The summed E-state index contributed by atoms with van der Waals surface area (Å²) in [5, 5.41) is 17.8. The van der Waals surface area contributed by atoms with Crippen LogP contribution < -0.4 is 5.73 Å². The molecular weight excluding hydrogens is 208 g/mol. The van der Waals surface area contributed by atoms with Crippen LogP contribution in [0.2, 0.25) is 0 Å². The van der Waals surface area contributed by atoms with E-state index in [9.17, 15) is 18.7 Å². The van der Waals surface area contributed by atoms with Gasteiger partial charge in [-0.25, -0.2) is 8.78 Å². The largest absolute Gasteiger partial charge is 0.480 e. The topological polar surface area (TPSA) is 83.6 Å². The van der Waals surface area contributed by atoms with Crippen molar-refractivity contribution in [2.75, 3.05) is 0 Å². The molecule has 0 heterocycles. The number of hydrogen-bond acceptors (Lipinski definition) is 3. The van der Waals surface area contributed by atoms with E-state index in [-0.39, 0.29) is 0 Å². The van der Waals surface area contributed by atoms with Crippen molar-refractivity contribution in [1.82, 2.24) is 0 Å². The van der Waals surface area contributed by atoms with E-state index < -0.39 is 35.3 Å². The molecule has 2 unspecified atom stereocenters. The third-order valence-corrected chi connectivity index (χ3v) is 1.92. The van der Waals surface area contributed by atoms with Gasteiger partial charge in [-0.1, -0.05) is 6.07 Å². The van der Waals surface area contributed by atoms with Gasteiger partial charge in [0.25, 0.3) is 0 Å². The van der Waals surface area contributed by atoms with Gasteiger partial charge < -0.3 is 15.9 Å². The Morgan fingerprint density at radius 2 is 1.80 bits per heavy atom. The molecule has 2 atom stereocenters. The predicted octanol–water partition coefficient (Wildman–Crippen LogP) is 0.410. The number of benzene rings is 1. The summed E-state index contributed by atoms with van der Waals surface area (Å²) in [5.41, 5.74) is 4.32. The molecule has 4 N–H and O–H groups in total. The maximum absolute atomic E-state index is 13.1. The Bertz CT molecular complexity index is 363. The molecule has 15 heavy (non-hydrogen) atoms. The third kappa shape index (κ3) is 2.28. The van der Waals surface area contributed by atoms with Gasteiger partial charge in [0.1, 0.15) is 23.8 Å². The zero-order valence-corrected chi connectivity index (χ0v) is 7.52. The van der Waals surface area contributed by atoms with E-state index in [0.717, 1.165) is 18.2 Å². The maximum Gasteiger partial charge on any atom is 0.323 e. The summed E-state index contributed by atoms with van der Waals surface area (Å²) in [6, 6.07) is 1.16. The second-order valence-corrected chi connectivity index (χ2v) is 2.94. The third-order valence-electron chi connectivity index (χ3n) is 1.92. The van der Waals surface area contributed by atoms with E-state index >= 15 is 0 Å². The first kappa shape index (κ1) is 11.5. The van der Waals surface area contributed by atoms with Gasteiger partial charge in [0, 0.05) is 0 Å². The molecule has 0 radical (unpaired) electrons. The second-order valence-electron chi connectivity index (χ2n) is 2.94. The van der Waals surface area contributed by atoms with E-state index in [0.29, 0.717) is 0 Å². The molecule has 0 aliphatic carbocycles. The van der Waals surface area contributed by atoms with Crippen molar-refractivity contribution >= 4 is 5.97 Å². The minimum Gasteiger partial charge on any atom is -0.480 e. The van der Waals surface area contributed by atoms with Gasteiger partial charge in [0.15, 0.2) is 0 Å². The summed E-state index contributed by atoms with van der Waals surface area (Å²) in [4.78, 5) is 10.4. The molecule has 0 spiro atoms. The van der Waals surface area contributed by atoms with Gasteiger partial charge in [-0.05, 0) is 12.1 Å². The Kier molecular flexibility index (Phi) is 3.33. The van der Waals surface area contributed by atoms with E-state index in [2.05, 4.69) is 0 Å². The van der Waals surface area contributed by atoms with Crippen LogP contribution in [0.4, 0.5) is 8.78 Å². The van der Waals surface area contributed by atoms with Crippen molar-refractivity contribution in [3.05, 3.63) is 35.4 Å². The van der Waals surface area contributed by atoms with Gasteiger partial charge in [-0.2, -0.15) is 0 Å². The minimum atomic E-state index is -1.91. The van der Waals surface area contributed by atoms with Crippen LogP contribution in [-0.2, 0) is 4.79 Å². The first-order valence-electron chi connectivity index (χ1n) is 4.05. The smallest absolute Gasteiger partial charge is 0.323 e. The van der Waals surface area contributed by atoms with Gasteiger partial charge >= 0.3 is 5.97 Å².